The molecule has 1 aliphatic carbocycles. The van der Waals surface area contributed by atoms with Crippen molar-refractivity contribution in [3.63, 3.8) is 0 Å². The van der Waals surface area contributed by atoms with Crippen molar-refractivity contribution in [1.82, 2.24) is 14.7 Å². The first-order chi connectivity index (χ1) is 9.62. The third kappa shape index (κ3) is 3.46. The van der Waals surface area contributed by atoms with E-state index in [1.807, 2.05) is 7.05 Å². The molecule has 118 valence electrons. The van der Waals surface area contributed by atoms with Gasteiger partial charge in [-0.2, -0.15) is 5.10 Å². The van der Waals surface area contributed by atoms with E-state index in [9.17, 15) is 9.90 Å². The Morgan fingerprint density at radius 1 is 1.43 bits per heavy atom. The molecule has 1 N–H and O–H groups in total. The van der Waals surface area contributed by atoms with Gasteiger partial charge in [-0.3, -0.25) is 9.48 Å². The number of aliphatic hydroxyl groups is 1. The number of hydrogen-bond acceptors (Lipinski definition) is 3. The number of amides is 1. The van der Waals surface area contributed by atoms with Gasteiger partial charge in [0.2, 0.25) is 0 Å². The summed E-state index contributed by atoms with van der Waals surface area (Å²) in [6.07, 6.45) is 5.42. The Hall–Kier alpha value is -1.36. The number of nitrogens with zero attached hydrogens (tertiary/aromatic N) is 3. The van der Waals surface area contributed by atoms with Crippen molar-refractivity contribution in [3.8, 4) is 0 Å². The number of aryl methyl sites for hydroxylation is 1. The lowest BCUT2D eigenvalue weighted by Crippen LogP contribution is -2.42. The predicted octanol–water partition coefficient (Wildman–Crippen LogP) is 2.09. The molecule has 0 aliphatic heterocycles. The summed E-state index contributed by atoms with van der Waals surface area (Å²) < 4.78 is 1.69. The first kappa shape index (κ1) is 16.0. The summed E-state index contributed by atoms with van der Waals surface area (Å²) in [5, 5.41) is 14.9. The Morgan fingerprint density at radius 3 is 2.52 bits per heavy atom. The molecule has 1 fully saturated rings. The summed E-state index contributed by atoms with van der Waals surface area (Å²) in [6, 6.07) is 0. The average Bonchev–Trinajstić information content (AvgIpc) is 2.94. The van der Waals surface area contributed by atoms with Crippen molar-refractivity contribution < 1.29 is 9.90 Å². The van der Waals surface area contributed by atoms with Gasteiger partial charge in [0.05, 0.1) is 16.9 Å². The molecule has 21 heavy (non-hydrogen) atoms. The Bertz CT molecular complexity index is 522. The summed E-state index contributed by atoms with van der Waals surface area (Å²) in [5.41, 5.74) is 0.542. The Balaban J connectivity index is 2.20. The second-order valence-corrected chi connectivity index (χ2v) is 7.41. The van der Waals surface area contributed by atoms with Crippen LogP contribution in [-0.2, 0) is 12.5 Å². The molecule has 0 unspecified atom stereocenters. The fraction of sp³-hybridized carbons (Fsp3) is 0.750. The standard InChI is InChI=1S/C16H27N3O2/c1-15(2,3)13-12(10-19(5)17-13)14(20)18(4)11-16(21)8-6-7-9-16/h10,21H,6-9,11H2,1-5H3. The largest absolute Gasteiger partial charge is 0.388 e. The topological polar surface area (TPSA) is 58.4 Å². The Kier molecular flexibility index (Phi) is 4.15. The van der Waals surface area contributed by atoms with E-state index in [1.165, 1.54) is 0 Å². The molecule has 1 aliphatic rings. The summed E-state index contributed by atoms with van der Waals surface area (Å²) in [5.74, 6) is -0.0617. The minimum atomic E-state index is -0.714. The van der Waals surface area contributed by atoms with Crippen molar-refractivity contribution in [2.45, 2.75) is 57.5 Å². The van der Waals surface area contributed by atoms with Crippen LogP contribution in [0.15, 0.2) is 6.20 Å². The van der Waals surface area contributed by atoms with Gasteiger partial charge in [0.1, 0.15) is 0 Å². The van der Waals surface area contributed by atoms with Crippen LogP contribution in [-0.4, -0.2) is 44.9 Å². The first-order valence-corrected chi connectivity index (χ1v) is 7.64. The number of likely N-dealkylation sites (N-methyl/N-ethyl adjacent to an activating group) is 1. The molecule has 0 saturated heterocycles. The van der Waals surface area contributed by atoms with E-state index >= 15 is 0 Å². The van der Waals surface area contributed by atoms with Gasteiger partial charge in [-0.25, -0.2) is 0 Å². The molecule has 0 atom stereocenters. The first-order valence-electron chi connectivity index (χ1n) is 7.64. The molecule has 1 heterocycles. The van der Waals surface area contributed by atoms with Gasteiger partial charge >= 0.3 is 0 Å². The zero-order valence-electron chi connectivity index (χ0n) is 13.8. The van der Waals surface area contributed by atoms with Gasteiger partial charge in [0.25, 0.3) is 5.91 Å². The summed E-state index contributed by atoms with van der Waals surface area (Å²) in [6.45, 7) is 6.55. The van der Waals surface area contributed by atoms with E-state index in [0.717, 1.165) is 31.4 Å². The maximum absolute atomic E-state index is 12.7. The van der Waals surface area contributed by atoms with Crippen LogP contribution in [0.25, 0.3) is 0 Å². The monoisotopic (exact) mass is 293 g/mol. The molecule has 1 aromatic heterocycles. The van der Waals surface area contributed by atoms with E-state index in [0.29, 0.717) is 12.1 Å². The minimum absolute atomic E-state index is 0.0617. The van der Waals surface area contributed by atoms with Crippen molar-refractivity contribution in [1.29, 1.82) is 0 Å². The minimum Gasteiger partial charge on any atom is -0.388 e. The molecule has 0 aromatic carbocycles. The van der Waals surface area contributed by atoms with Gasteiger partial charge in [0.15, 0.2) is 0 Å². The number of carbonyl (C=O) groups is 1. The van der Waals surface area contributed by atoms with E-state index < -0.39 is 5.60 Å². The quantitative estimate of drug-likeness (QED) is 0.928. The molecule has 0 bridgehead atoms. The van der Waals surface area contributed by atoms with Gasteiger partial charge < -0.3 is 10.0 Å². The molecule has 5 nitrogen and oxygen atoms in total. The van der Waals surface area contributed by atoms with Gasteiger partial charge in [0, 0.05) is 32.3 Å². The second kappa shape index (κ2) is 5.44. The number of hydrogen-bond donors (Lipinski definition) is 1. The predicted molar refractivity (Wildman–Crippen MR) is 82.3 cm³/mol. The lowest BCUT2D eigenvalue weighted by molar-refractivity contribution is 0.0156. The van der Waals surface area contributed by atoms with Crippen molar-refractivity contribution in [2.75, 3.05) is 13.6 Å². The van der Waals surface area contributed by atoms with Crippen LogP contribution in [0.5, 0.6) is 0 Å². The molecule has 2 rings (SSSR count). The normalized spacial score (nSPS) is 18.0. The van der Waals surface area contributed by atoms with E-state index in [2.05, 4.69) is 25.9 Å². The van der Waals surface area contributed by atoms with Gasteiger partial charge in [-0.05, 0) is 12.8 Å². The van der Waals surface area contributed by atoms with E-state index in [4.69, 9.17) is 0 Å². The van der Waals surface area contributed by atoms with Crippen LogP contribution < -0.4 is 0 Å². The molecule has 0 spiro atoms. The van der Waals surface area contributed by atoms with Crippen LogP contribution in [0.1, 0.15) is 62.5 Å². The molecule has 1 aromatic rings. The van der Waals surface area contributed by atoms with Crippen molar-refractivity contribution in [2.24, 2.45) is 7.05 Å². The van der Waals surface area contributed by atoms with Crippen molar-refractivity contribution in [3.05, 3.63) is 17.5 Å². The molecular weight excluding hydrogens is 266 g/mol. The van der Waals surface area contributed by atoms with E-state index in [-0.39, 0.29) is 11.3 Å². The number of rotatable bonds is 3. The summed E-state index contributed by atoms with van der Waals surface area (Å²) in [4.78, 5) is 14.4. The zero-order valence-corrected chi connectivity index (χ0v) is 13.8. The second-order valence-electron chi connectivity index (χ2n) is 7.41. The maximum Gasteiger partial charge on any atom is 0.257 e. The van der Waals surface area contributed by atoms with Crippen molar-refractivity contribution >= 4 is 5.91 Å². The fourth-order valence-corrected chi connectivity index (χ4v) is 3.11. The highest BCUT2D eigenvalue weighted by Crippen LogP contribution is 2.31. The molecule has 5 heteroatoms. The molecule has 0 radical (unpaired) electrons. The van der Waals surface area contributed by atoms with Gasteiger partial charge in [-0.1, -0.05) is 33.6 Å². The van der Waals surface area contributed by atoms with E-state index in [1.54, 1.807) is 22.8 Å². The molecular formula is C16H27N3O2. The third-order valence-electron chi connectivity index (χ3n) is 4.18. The van der Waals surface area contributed by atoms with Crippen LogP contribution in [0, 0.1) is 0 Å². The van der Waals surface area contributed by atoms with Crippen LogP contribution in [0.3, 0.4) is 0 Å². The fourth-order valence-electron chi connectivity index (χ4n) is 3.11. The maximum atomic E-state index is 12.7. The SMILES string of the molecule is CN(CC1(O)CCCC1)C(=O)c1cn(C)nc1C(C)(C)C. The number of aromatic nitrogens is 2. The number of carbonyl (C=O) groups excluding carboxylic acids is 1. The third-order valence-corrected chi connectivity index (χ3v) is 4.18. The lowest BCUT2D eigenvalue weighted by atomic mass is 9.89. The smallest absolute Gasteiger partial charge is 0.257 e. The molecule has 1 saturated carbocycles. The Labute approximate surface area is 126 Å². The van der Waals surface area contributed by atoms with Gasteiger partial charge in [-0.15, -0.1) is 0 Å². The summed E-state index contributed by atoms with van der Waals surface area (Å²) in [7, 11) is 3.59. The van der Waals surface area contributed by atoms with Crippen LogP contribution in [0.4, 0.5) is 0 Å². The highest BCUT2D eigenvalue weighted by molar-refractivity contribution is 5.95. The zero-order chi connectivity index (χ0) is 15.8. The highest BCUT2D eigenvalue weighted by atomic mass is 16.3. The lowest BCUT2D eigenvalue weighted by Gasteiger charge is -2.29. The van der Waals surface area contributed by atoms with Crippen LogP contribution >= 0.6 is 0 Å². The molecule has 1 amide bonds. The summed E-state index contributed by atoms with van der Waals surface area (Å²) >= 11 is 0. The average molecular weight is 293 g/mol. The highest BCUT2D eigenvalue weighted by Gasteiger charge is 2.35. The Morgan fingerprint density at radius 2 is 2.00 bits per heavy atom. The van der Waals surface area contributed by atoms with Crippen LogP contribution in [0.2, 0.25) is 0 Å².